The van der Waals surface area contributed by atoms with Crippen LogP contribution in [0.25, 0.3) is 0 Å². The number of anilines is 2. The van der Waals surface area contributed by atoms with Crippen molar-refractivity contribution in [2.45, 2.75) is 12.5 Å². The Morgan fingerprint density at radius 3 is 2.84 bits per heavy atom. The van der Waals surface area contributed by atoms with Crippen molar-refractivity contribution >= 4 is 17.3 Å². The molecule has 19 heavy (non-hydrogen) atoms. The van der Waals surface area contributed by atoms with Gasteiger partial charge in [0.2, 0.25) is 0 Å². The van der Waals surface area contributed by atoms with Crippen molar-refractivity contribution in [1.29, 1.82) is 0 Å². The molecule has 1 atom stereocenters. The number of carbonyl (C=O) groups excluding carboxylic acids is 1. The number of nitrogens with zero attached hydrogens (tertiary/aromatic N) is 1. The minimum atomic E-state index is 0.0923. The van der Waals surface area contributed by atoms with Gasteiger partial charge in [0.1, 0.15) is 0 Å². The largest absolute Gasteiger partial charge is 0.382 e. The average Bonchev–Trinajstić information content (AvgIpc) is 2.95. The molecule has 0 spiro atoms. The third-order valence-corrected chi connectivity index (χ3v) is 3.79. The molecule has 1 unspecified atom stereocenters. The van der Waals surface area contributed by atoms with Crippen LogP contribution in [-0.2, 0) is 4.74 Å². The summed E-state index contributed by atoms with van der Waals surface area (Å²) in [6, 6.07) is 5.80. The van der Waals surface area contributed by atoms with Gasteiger partial charge in [-0.3, -0.25) is 4.79 Å². The van der Waals surface area contributed by atoms with Crippen molar-refractivity contribution in [3.05, 3.63) is 23.8 Å². The van der Waals surface area contributed by atoms with E-state index in [2.05, 4.69) is 10.6 Å². The summed E-state index contributed by atoms with van der Waals surface area (Å²) in [6.45, 7) is 3.28. The van der Waals surface area contributed by atoms with E-state index in [1.807, 2.05) is 23.1 Å². The number of amides is 1. The fourth-order valence-corrected chi connectivity index (χ4v) is 2.66. The molecule has 2 N–H and O–H groups in total. The first-order valence-electron chi connectivity index (χ1n) is 6.72. The maximum absolute atomic E-state index is 12.4. The van der Waals surface area contributed by atoms with E-state index in [0.717, 1.165) is 43.0 Å². The van der Waals surface area contributed by atoms with Crippen LogP contribution in [0.2, 0.25) is 0 Å². The summed E-state index contributed by atoms with van der Waals surface area (Å²) in [7, 11) is 1.70. The highest BCUT2D eigenvalue weighted by molar-refractivity contribution is 5.96. The van der Waals surface area contributed by atoms with Crippen LogP contribution >= 0.6 is 0 Å². The fraction of sp³-hybridized carbons (Fsp3) is 0.500. The van der Waals surface area contributed by atoms with Gasteiger partial charge in [-0.2, -0.15) is 0 Å². The highest BCUT2D eigenvalue weighted by Crippen LogP contribution is 2.26. The molecule has 0 radical (unpaired) electrons. The minimum absolute atomic E-state index is 0.0923. The zero-order valence-corrected chi connectivity index (χ0v) is 11.1. The van der Waals surface area contributed by atoms with E-state index in [4.69, 9.17) is 4.74 Å². The molecule has 0 aromatic heterocycles. The number of ether oxygens (including phenoxy) is 1. The molecule has 5 nitrogen and oxygen atoms in total. The van der Waals surface area contributed by atoms with Crippen LogP contribution in [0.5, 0.6) is 0 Å². The molecule has 1 aromatic rings. The van der Waals surface area contributed by atoms with Crippen molar-refractivity contribution in [2.75, 3.05) is 43.9 Å². The zero-order chi connectivity index (χ0) is 13.2. The van der Waals surface area contributed by atoms with Crippen LogP contribution in [0.3, 0.4) is 0 Å². The quantitative estimate of drug-likeness (QED) is 0.844. The van der Waals surface area contributed by atoms with E-state index in [9.17, 15) is 4.79 Å². The third kappa shape index (κ3) is 2.38. The molecule has 2 aliphatic heterocycles. The Bertz CT molecular complexity index is 490. The van der Waals surface area contributed by atoms with Crippen molar-refractivity contribution in [3.63, 3.8) is 0 Å². The Morgan fingerprint density at radius 2 is 2.11 bits per heavy atom. The molecule has 0 bridgehead atoms. The smallest absolute Gasteiger partial charge is 0.254 e. The molecule has 1 fully saturated rings. The lowest BCUT2D eigenvalue weighted by molar-refractivity contribution is 0.0724. The molecule has 2 aliphatic rings. The first-order valence-corrected chi connectivity index (χ1v) is 6.72. The van der Waals surface area contributed by atoms with Crippen molar-refractivity contribution in [2.24, 2.45) is 0 Å². The molecule has 102 valence electrons. The fourth-order valence-electron chi connectivity index (χ4n) is 2.66. The van der Waals surface area contributed by atoms with Gasteiger partial charge in [-0.05, 0) is 24.6 Å². The second-order valence-electron chi connectivity index (χ2n) is 5.01. The van der Waals surface area contributed by atoms with E-state index >= 15 is 0 Å². The number of nitrogens with one attached hydrogen (secondary N) is 2. The number of rotatable bonds is 2. The van der Waals surface area contributed by atoms with Crippen LogP contribution < -0.4 is 10.6 Å². The Labute approximate surface area is 112 Å². The minimum Gasteiger partial charge on any atom is -0.382 e. The van der Waals surface area contributed by atoms with Crippen molar-refractivity contribution in [3.8, 4) is 0 Å². The van der Waals surface area contributed by atoms with Gasteiger partial charge in [-0.25, -0.2) is 0 Å². The summed E-state index contributed by atoms with van der Waals surface area (Å²) in [5.74, 6) is 0.0923. The standard InChI is InChI=1S/C14H19N3O2/c1-19-11-4-7-17(9-11)14(18)10-2-3-12-13(8-10)16-6-5-15-12/h2-3,8,11,15-16H,4-7,9H2,1H3. The van der Waals surface area contributed by atoms with Crippen LogP contribution in [0, 0.1) is 0 Å². The second kappa shape index (κ2) is 5.09. The number of hydrogen-bond donors (Lipinski definition) is 2. The number of methoxy groups -OCH3 is 1. The summed E-state index contributed by atoms with van der Waals surface area (Å²) >= 11 is 0. The third-order valence-electron chi connectivity index (χ3n) is 3.79. The Kier molecular flexibility index (Phi) is 3.29. The number of likely N-dealkylation sites (tertiary alicyclic amines) is 1. The van der Waals surface area contributed by atoms with Gasteiger partial charge in [0.25, 0.3) is 5.91 Å². The van der Waals surface area contributed by atoms with Crippen LogP contribution in [0.4, 0.5) is 11.4 Å². The second-order valence-corrected chi connectivity index (χ2v) is 5.01. The van der Waals surface area contributed by atoms with Crippen LogP contribution in [0.15, 0.2) is 18.2 Å². The molecular weight excluding hydrogens is 242 g/mol. The summed E-state index contributed by atoms with van der Waals surface area (Å²) in [5.41, 5.74) is 2.82. The summed E-state index contributed by atoms with van der Waals surface area (Å²) in [5, 5.41) is 6.62. The molecule has 1 amide bonds. The molecule has 5 heteroatoms. The highest BCUT2D eigenvalue weighted by Gasteiger charge is 2.27. The average molecular weight is 261 g/mol. The number of hydrogen-bond acceptors (Lipinski definition) is 4. The number of fused-ring (bicyclic) bond motifs is 1. The zero-order valence-electron chi connectivity index (χ0n) is 11.1. The first-order chi connectivity index (χ1) is 9.28. The lowest BCUT2D eigenvalue weighted by Gasteiger charge is -2.22. The van der Waals surface area contributed by atoms with Gasteiger partial charge in [0.15, 0.2) is 0 Å². The van der Waals surface area contributed by atoms with Crippen LogP contribution in [0.1, 0.15) is 16.8 Å². The van der Waals surface area contributed by atoms with Gasteiger partial charge in [-0.1, -0.05) is 0 Å². The van der Waals surface area contributed by atoms with Crippen molar-refractivity contribution in [1.82, 2.24) is 4.90 Å². The lowest BCUT2D eigenvalue weighted by atomic mass is 10.1. The number of benzene rings is 1. The molecule has 2 heterocycles. The van der Waals surface area contributed by atoms with Gasteiger partial charge in [0, 0.05) is 38.9 Å². The lowest BCUT2D eigenvalue weighted by Crippen LogP contribution is -2.30. The maximum atomic E-state index is 12.4. The van der Waals surface area contributed by atoms with E-state index in [1.165, 1.54) is 0 Å². The van der Waals surface area contributed by atoms with E-state index in [0.29, 0.717) is 6.54 Å². The van der Waals surface area contributed by atoms with Crippen LogP contribution in [-0.4, -0.2) is 50.2 Å². The molecule has 1 aromatic carbocycles. The topological polar surface area (TPSA) is 53.6 Å². The monoisotopic (exact) mass is 261 g/mol. The SMILES string of the molecule is COC1CCN(C(=O)c2ccc3c(c2)NCCN3)C1. The molecule has 1 saturated heterocycles. The van der Waals surface area contributed by atoms with E-state index in [1.54, 1.807) is 7.11 Å². The Morgan fingerprint density at radius 1 is 1.32 bits per heavy atom. The molecular formula is C14H19N3O2. The van der Waals surface area contributed by atoms with Gasteiger partial charge in [0.05, 0.1) is 17.5 Å². The van der Waals surface area contributed by atoms with Gasteiger partial charge >= 0.3 is 0 Å². The number of carbonyl (C=O) groups is 1. The van der Waals surface area contributed by atoms with Crippen molar-refractivity contribution < 1.29 is 9.53 Å². The summed E-state index contributed by atoms with van der Waals surface area (Å²) < 4.78 is 5.30. The van der Waals surface area contributed by atoms with Gasteiger partial charge in [-0.15, -0.1) is 0 Å². The Hall–Kier alpha value is -1.75. The van der Waals surface area contributed by atoms with Gasteiger partial charge < -0.3 is 20.3 Å². The summed E-state index contributed by atoms with van der Waals surface area (Å²) in [4.78, 5) is 14.3. The molecule has 0 saturated carbocycles. The van der Waals surface area contributed by atoms with E-state index < -0.39 is 0 Å². The first kappa shape index (κ1) is 12.3. The predicted octanol–water partition coefficient (Wildman–Crippen LogP) is 1.38. The Balaban J connectivity index is 1.77. The summed E-state index contributed by atoms with van der Waals surface area (Å²) in [6.07, 6.45) is 1.11. The maximum Gasteiger partial charge on any atom is 0.254 e. The normalized spacial score (nSPS) is 21.5. The predicted molar refractivity (Wildman–Crippen MR) is 74.7 cm³/mol. The molecule has 0 aliphatic carbocycles. The molecule has 3 rings (SSSR count). The highest BCUT2D eigenvalue weighted by atomic mass is 16.5. The van der Waals surface area contributed by atoms with E-state index in [-0.39, 0.29) is 12.0 Å².